The zero-order chi connectivity index (χ0) is 23.6. The number of hydrogen-bond donors (Lipinski definition) is 0. The molecule has 3 aliphatic rings. The minimum Gasteiger partial charge on any atom is -0.447 e. The van der Waals surface area contributed by atoms with E-state index in [0.717, 1.165) is 21.9 Å². The van der Waals surface area contributed by atoms with Crippen LogP contribution in [0.2, 0.25) is 0 Å². The van der Waals surface area contributed by atoms with Crippen molar-refractivity contribution in [1.29, 1.82) is 0 Å². The van der Waals surface area contributed by atoms with Gasteiger partial charge in [0.25, 0.3) is 0 Å². The number of carbonyl (C=O) groups excluding carboxylic acids is 3. The molecule has 2 saturated heterocycles. The molecule has 2 aliphatic heterocycles. The van der Waals surface area contributed by atoms with Gasteiger partial charge in [0.15, 0.2) is 5.78 Å². The fraction of sp³-hybridized carbons (Fsp3) is 0.321. The van der Waals surface area contributed by atoms with E-state index in [1.807, 2.05) is 85.6 Å². The number of amides is 2. The van der Waals surface area contributed by atoms with Gasteiger partial charge in [-0.2, -0.15) is 0 Å². The molecule has 0 N–H and O–H groups in total. The Labute approximate surface area is 198 Å². The van der Waals surface area contributed by atoms with Crippen molar-refractivity contribution in [2.45, 2.75) is 24.9 Å². The Morgan fingerprint density at radius 1 is 1.03 bits per heavy atom. The predicted molar refractivity (Wildman–Crippen MR) is 127 cm³/mol. The summed E-state index contributed by atoms with van der Waals surface area (Å²) >= 11 is 0. The summed E-state index contributed by atoms with van der Waals surface area (Å²) in [4.78, 5) is 44.5. The monoisotopic (exact) mass is 454 g/mol. The molecule has 0 aromatic heterocycles. The number of cyclic esters (lactones) is 1. The number of carbonyl (C=O) groups is 3. The van der Waals surface area contributed by atoms with Gasteiger partial charge in [-0.3, -0.25) is 14.5 Å². The zero-order valence-electron chi connectivity index (χ0n) is 19.2. The van der Waals surface area contributed by atoms with Crippen molar-refractivity contribution in [3.63, 3.8) is 0 Å². The second-order valence-corrected chi connectivity index (χ2v) is 9.77. The Hall–Kier alpha value is -3.51. The molecule has 172 valence electrons. The molecule has 0 unspecified atom stereocenters. The van der Waals surface area contributed by atoms with Crippen LogP contribution in [0.25, 0.3) is 10.8 Å². The van der Waals surface area contributed by atoms with E-state index in [-0.39, 0.29) is 24.2 Å². The van der Waals surface area contributed by atoms with Gasteiger partial charge in [0.1, 0.15) is 12.1 Å². The number of likely N-dealkylation sites (N-methyl/N-ethyl adjacent to an activating group) is 1. The summed E-state index contributed by atoms with van der Waals surface area (Å²) in [5, 5.41) is 1.90. The first-order chi connectivity index (χ1) is 16.4. The van der Waals surface area contributed by atoms with Crippen LogP contribution in [0.4, 0.5) is 4.79 Å². The first-order valence-electron chi connectivity index (χ1n) is 11.8. The largest absolute Gasteiger partial charge is 0.447 e. The molecule has 0 bridgehead atoms. The highest BCUT2D eigenvalue weighted by atomic mass is 16.6. The Kier molecular flexibility index (Phi) is 4.64. The van der Waals surface area contributed by atoms with E-state index < -0.39 is 23.6 Å². The van der Waals surface area contributed by atoms with Crippen LogP contribution in [0.3, 0.4) is 0 Å². The van der Waals surface area contributed by atoms with Gasteiger partial charge in [0, 0.05) is 12.1 Å². The van der Waals surface area contributed by atoms with Crippen LogP contribution in [0.5, 0.6) is 0 Å². The van der Waals surface area contributed by atoms with E-state index in [2.05, 4.69) is 0 Å². The topological polar surface area (TPSA) is 66.9 Å². The quantitative estimate of drug-likeness (QED) is 0.598. The van der Waals surface area contributed by atoms with E-state index in [0.29, 0.717) is 18.5 Å². The molecule has 0 radical (unpaired) electrons. The van der Waals surface area contributed by atoms with Gasteiger partial charge < -0.3 is 4.74 Å². The number of fused-ring (bicyclic) bond motifs is 1. The Morgan fingerprint density at radius 2 is 1.76 bits per heavy atom. The molecule has 34 heavy (non-hydrogen) atoms. The van der Waals surface area contributed by atoms with Crippen molar-refractivity contribution in [2.24, 2.45) is 11.8 Å². The highest BCUT2D eigenvalue weighted by Gasteiger charge is 2.64. The predicted octanol–water partition coefficient (Wildman–Crippen LogP) is 4.02. The third kappa shape index (κ3) is 2.69. The molecule has 2 heterocycles. The molecule has 2 amide bonds. The average molecular weight is 455 g/mol. The van der Waals surface area contributed by atoms with Crippen LogP contribution in [0.1, 0.15) is 28.4 Å². The fourth-order valence-corrected chi connectivity index (χ4v) is 6.53. The van der Waals surface area contributed by atoms with Crippen molar-refractivity contribution in [2.75, 3.05) is 20.2 Å². The molecule has 6 nitrogen and oxygen atoms in total. The number of nitrogens with zero attached hydrogens (tertiary/aromatic N) is 2. The number of likely N-dealkylation sites (tertiary alicyclic amines) is 1. The Bertz CT molecular complexity index is 1330. The maximum absolute atomic E-state index is 14.2. The van der Waals surface area contributed by atoms with Crippen LogP contribution in [-0.2, 0) is 21.5 Å². The molecule has 0 saturated carbocycles. The van der Waals surface area contributed by atoms with E-state index in [9.17, 15) is 14.4 Å². The third-order valence-electron chi connectivity index (χ3n) is 7.87. The van der Waals surface area contributed by atoms with Crippen LogP contribution in [0.15, 0.2) is 66.7 Å². The number of rotatable bonds is 3. The van der Waals surface area contributed by atoms with Crippen LogP contribution < -0.4 is 0 Å². The van der Waals surface area contributed by atoms with Gasteiger partial charge in [-0.25, -0.2) is 9.69 Å². The number of hydrogen-bond acceptors (Lipinski definition) is 5. The van der Waals surface area contributed by atoms with Crippen molar-refractivity contribution < 1.29 is 19.1 Å². The van der Waals surface area contributed by atoms with Crippen LogP contribution in [-0.4, -0.2) is 53.8 Å². The van der Waals surface area contributed by atoms with Crippen LogP contribution >= 0.6 is 0 Å². The Balaban J connectivity index is 1.45. The molecule has 3 aromatic carbocycles. The second kappa shape index (κ2) is 7.50. The normalized spacial score (nSPS) is 28.3. The summed E-state index contributed by atoms with van der Waals surface area (Å²) in [5.41, 5.74) is 1.42. The fourth-order valence-electron chi connectivity index (χ4n) is 6.53. The molecule has 3 aromatic rings. The molecule has 1 aliphatic carbocycles. The lowest BCUT2D eigenvalue weighted by atomic mass is 9.74. The lowest BCUT2D eigenvalue weighted by Crippen LogP contribution is -2.55. The minimum atomic E-state index is -1.13. The summed E-state index contributed by atoms with van der Waals surface area (Å²) < 4.78 is 5.36. The first-order valence-corrected chi connectivity index (χ1v) is 11.8. The van der Waals surface area contributed by atoms with E-state index >= 15 is 0 Å². The van der Waals surface area contributed by atoms with E-state index in [1.54, 1.807) is 0 Å². The summed E-state index contributed by atoms with van der Waals surface area (Å²) in [5.74, 6) is -1.18. The number of Topliss-reactive ketones (excluding diaryl/α,β-unsaturated/α-hetero) is 1. The standard InChI is InChI=1S/C28H26N2O4/c1-17-15-29(2)28(22-13-7-11-19-10-6-12-21(23(19)22)25(28)31)24(17)26(32)30-20(16-34-27(30)33)14-18-8-4-3-5-9-18/h3-13,17,20,24H,14-16H2,1-2H3/t17-,20+,24-,28+/m1/s1. The van der Waals surface area contributed by atoms with Crippen molar-refractivity contribution in [3.05, 3.63) is 83.4 Å². The first kappa shape index (κ1) is 21.1. The maximum atomic E-state index is 14.2. The van der Waals surface area contributed by atoms with Gasteiger partial charge in [-0.1, -0.05) is 73.7 Å². The molecule has 1 spiro atoms. The van der Waals surface area contributed by atoms with Crippen LogP contribution in [0, 0.1) is 11.8 Å². The van der Waals surface area contributed by atoms with Gasteiger partial charge in [-0.15, -0.1) is 0 Å². The Morgan fingerprint density at radius 3 is 2.53 bits per heavy atom. The summed E-state index contributed by atoms with van der Waals surface area (Å²) in [7, 11) is 1.91. The molecule has 4 atom stereocenters. The number of ether oxygens (including phenoxy) is 1. The van der Waals surface area contributed by atoms with Crippen molar-refractivity contribution in [3.8, 4) is 0 Å². The molecular weight excluding hydrogens is 428 g/mol. The number of benzene rings is 3. The smallest absolute Gasteiger partial charge is 0.416 e. The van der Waals surface area contributed by atoms with E-state index in [1.165, 1.54) is 4.90 Å². The number of imide groups is 1. The summed E-state index contributed by atoms with van der Waals surface area (Å²) in [6.45, 7) is 2.74. The van der Waals surface area contributed by atoms with Gasteiger partial charge in [0.05, 0.1) is 12.0 Å². The minimum absolute atomic E-state index is 0.0586. The van der Waals surface area contributed by atoms with Gasteiger partial charge in [0.2, 0.25) is 5.91 Å². The van der Waals surface area contributed by atoms with Gasteiger partial charge >= 0.3 is 6.09 Å². The van der Waals surface area contributed by atoms with Crippen molar-refractivity contribution in [1.82, 2.24) is 9.80 Å². The molecular formula is C28H26N2O4. The summed E-state index contributed by atoms with van der Waals surface area (Å²) in [6.07, 6.45) is -0.101. The highest BCUT2D eigenvalue weighted by Crippen LogP contribution is 2.54. The average Bonchev–Trinajstić information content (AvgIpc) is 3.42. The van der Waals surface area contributed by atoms with E-state index in [4.69, 9.17) is 4.74 Å². The lowest BCUT2D eigenvalue weighted by Gasteiger charge is -2.38. The lowest BCUT2D eigenvalue weighted by molar-refractivity contribution is -0.136. The molecule has 2 fully saturated rings. The molecule has 6 rings (SSSR count). The van der Waals surface area contributed by atoms with Gasteiger partial charge in [-0.05, 0) is 41.3 Å². The second-order valence-electron chi connectivity index (χ2n) is 9.77. The SMILES string of the molecule is C[C@@H]1CN(C)[C@]2(C(=O)c3cccc4cccc2c34)[C@H]1C(=O)N1C(=O)OC[C@@H]1Cc1ccccc1. The molecule has 6 heteroatoms. The third-order valence-corrected chi connectivity index (χ3v) is 7.87. The summed E-state index contributed by atoms with van der Waals surface area (Å²) in [6, 6.07) is 21.0. The maximum Gasteiger partial charge on any atom is 0.416 e. The van der Waals surface area contributed by atoms with Crippen molar-refractivity contribution >= 4 is 28.6 Å². The zero-order valence-corrected chi connectivity index (χ0v) is 19.2. The number of ketones is 1. The highest BCUT2D eigenvalue weighted by molar-refractivity contribution is 6.22.